The number of alkyl halides is 3. The zero-order valence-electron chi connectivity index (χ0n) is 20.2. The third kappa shape index (κ3) is 6.68. The van der Waals surface area contributed by atoms with Crippen LogP contribution in [0.3, 0.4) is 0 Å². The summed E-state index contributed by atoms with van der Waals surface area (Å²) in [6.45, 7) is 1.91. The Labute approximate surface area is 208 Å². The van der Waals surface area contributed by atoms with Crippen molar-refractivity contribution in [2.75, 3.05) is 17.7 Å². The molecule has 0 spiro atoms. The highest BCUT2D eigenvalue weighted by Crippen LogP contribution is 2.33. The Hall–Kier alpha value is -3.75. The molecule has 0 radical (unpaired) electrons. The van der Waals surface area contributed by atoms with Crippen LogP contribution in [0.25, 0.3) is 0 Å². The van der Waals surface area contributed by atoms with Crippen molar-refractivity contribution in [3.05, 3.63) is 77.5 Å². The average molecular weight is 499 g/mol. The summed E-state index contributed by atoms with van der Waals surface area (Å²) in [5, 5.41) is 9.27. The molecule has 36 heavy (non-hydrogen) atoms. The minimum absolute atomic E-state index is 0.00515. The van der Waals surface area contributed by atoms with E-state index in [1.165, 1.54) is 0 Å². The summed E-state index contributed by atoms with van der Waals surface area (Å²) in [6.07, 6.45) is -1.67. The number of aromatic nitrogens is 1. The van der Waals surface area contributed by atoms with Crippen LogP contribution >= 0.6 is 0 Å². The van der Waals surface area contributed by atoms with Gasteiger partial charge >= 0.3 is 6.18 Å². The van der Waals surface area contributed by atoms with Gasteiger partial charge in [-0.05, 0) is 80.6 Å². The molecule has 1 aromatic heterocycles. The first kappa shape index (κ1) is 25.3. The standard InChI is InChI=1S/C27H29F3N4O2/c1-17-4-3-5-21(14-17)32-25-16-22(15-24(34-25)27(28,29)30)31-19-8-10-20(11-9-19)33-26(35)18-6-12-23(36-2)13-7-18/h3-7,12-16,19-20H,8-11H2,1-2H3,(H,33,35)(H2,31,32,34)/t19-,20+. The van der Waals surface area contributed by atoms with Gasteiger partial charge < -0.3 is 20.7 Å². The lowest BCUT2D eigenvalue weighted by Gasteiger charge is -2.30. The third-order valence-electron chi connectivity index (χ3n) is 6.19. The molecular formula is C27H29F3N4O2. The number of ether oxygens (including phenoxy) is 1. The predicted molar refractivity (Wildman–Crippen MR) is 134 cm³/mol. The van der Waals surface area contributed by atoms with Gasteiger partial charge in [0.25, 0.3) is 5.91 Å². The lowest BCUT2D eigenvalue weighted by molar-refractivity contribution is -0.141. The van der Waals surface area contributed by atoms with E-state index in [-0.39, 0.29) is 23.8 Å². The Balaban J connectivity index is 1.38. The number of carbonyl (C=O) groups is 1. The summed E-state index contributed by atoms with van der Waals surface area (Å²) >= 11 is 0. The molecular weight excluding hydrogens is 469 g/mol. The minimum Gasteiger partial charge on any atom is -0.497 e. The monoisotopic (exact) mass is 498 g/mol. The molecule has 0 atom stereocenters. The largest absolute Gasteiger partial charge is 0.497 e. The Morgan fingerprint density at radius 3 is 2.28 bits per heavy atom. The molecule has 2 aromatic carbocycles. The molecule has 1 saturated carbocycles. The molecule has 0 unspecified atom stereocenters. The Morgan fingerprint density at radius 1 is 0.944 bits per heavy atom. The van der Waals surface area contributed by atoms with E-state index >= 15 is 0 Å². The molecule has 0 aliphatic heterocycles. The Bertz CT molecular complexity index is 1190. The van der Waals surface area contributed by atoms with Crippen LogP contribution in [-0.4, -0.2) is 30.1 Å². The highest BCUT2D eigenvalue weighted by Gasteiger charge is 2.33. The molecule has 1 aliphatic rings. The van der Waals surface area contributed by atoms with Gasteiger partial charge in [0.05, 0.1) is 7.11 Å². The van der Waals surface area contributed by atoms with Crippen LogP contribution in [0, 0.1) is 6.92 Å². The number of methoxy groups -OCH3 is 1. The zero-order chi connectivity index (χ0) is 25.7. The number of hydrogen-bond donors (Lipinski definition) is 3. The van der Waals surface area contributed by atoms with Crippen molar-refractivity contribution in [1.29, 1.82) is 0 Å². The predicted octanol–water partition coefficient (Wildman–Crippen LogP) is 6.31. The quantitative estimate of drug-likeness (QED) is 0.356. The molecule has 3 aromatic rings. The highest BCUT2D eigenvalue weighted by atomic mass is 19.4. The van der Waals surface area contributed by atoms with Crippen LogP contribution in [0.4, 0.5) is 30.4 Å². The van der Waals surface area contributed by atoms with Crippen molar-refractivity contribution in [3.8, 4) is 5.75 Å². The highest BCUT2D eigenvalue weighted by molar-refractivity contribution is 5.94. The van der Waals surface area contributed by atoms with Crippen molar-refractivity contribution in [1.82, 2.24) is 10.3 Å². The van der Waals surface area contributed by atoms with E-state index in [9.17, 15) is 18.0 Å². The zero-order valence-corrected chi connectivity index (χ0v) is 20.2. The molecule has 1 heterocycles. The Kier molecular flexibility index (Phi) is 7.67. The maximum absolute atomic E-state index is 13.5. The number of halogens is 3. The molecule has 9 heteroatoms. The number of hydrogen-bond acceptors (Lipinski definition) is 5. The van der Waals surface area contributed by atoms with Crippen molar-refractivity contribution in [2.24, 2.45) is 0 Å². The van der Waals surface area contributed by atoms with E-state index < -0.39 is 11.9 Å². The molecule has 0 bridgehead atoms. The van der Waals surface area contributed by atoms with E-state index in [4.69, 9.17) is 4.74 Å². The smallest absolute Gasteiger partial charge is 0.433 e. The van der Waals surface area contributed by atoms with Gasteiger partial charge in [-0.2, -0.15) is 13.2 Å². The maximum atomic E-state index is 13.5. The number of anilines is 3. The van der Waals surface area contributed by atoms with Gasteiger partial charge in [-0.3, -0.25) is 4.79 Å². The molecule has 6 nitrogen and oxygen atoms in total. The normalized spacial score (nSPS) is 17.8. The van der Waals surface area contributed by atoms with Crippen molar-refractivity contribution in [3.63, 3.8) is 0 Å². The number of pyridine rings is 1. The van der Waals surface area contributed by atoms with E-state index in [1.54, 1.807) is 43.5 Å². The first-order chi connectivity index (χ1) is 17.2. The third-order valence-corrected chi connectivity index (χ3v) is 6.19. The summed E-state index contributed by atoms with van der Waals surface area (Å²) in [7, 11) is 1.57. The number of rotatable bonds is 7. The second kappa shape index (κ2) is 10.9. The SMILES string of the molecule is COc1ccc(C(=O)N[C@H]2CC[C@@H](Nc3cc(Nc4cccc(C)c4)nc(C(F)(F)F)c3)CC2)cc1. The molecule has 1 aliphatic carbocycles. The van der Waals surface area contributed by atoms with Crippen LogP contribution in [-0.2, 0) is 6.18 Å². The second-order valence-corrected chi connectivity index (χ2v) is 9.01. The number of amides is 1. The van der Waals surface area contributed by atoms with Crippen LogP contribution in [0.2, 0.25) is 0 Å². The van der Waals surface area contributed by atoms with E-state index in [0.29, 0.717) is 22.7 Å². The number of nitrogens with zero attached hydrogens (tertiary/aromatic N) is 1. The van der Waals surface area contributed by atoms with E-state index in [0.717, 1.165) is 37.3 Å². The van der Waals surface area contributed by atoms with E-state index in [1.807, 2.05) is 25.1 Å². The number of benzene rings is 2. The summed E-state index contributed by atoms with van der Waals surface area (Å²) in [5.41, 5.74) is 1.62. The van der Waals surface area contributed by atoms with Gasteiger partial charge in [-0.1, -0.05) is 12.1 Å². The average Bonchev–Trinajstić information content (AvgIpc) is 2.84. The van der Waals surface area contributed by atoms with Gasteiger partial charge in [0.15, 0.2) is 0 Å². The fraction of sp³-hybridized carbons (Fsp3) is 0.333. The van der Waals surface area contributed by atoms with Crippen molar-refractivity contribution in [2.45, 2.75) is 50.9 Å². The summed E-state index contributed by atoms with van der Waals surface area (Å²) < 4.78 is 45.7. The van der Waals surface area contributed by atoms with Crippen molar-refractivity contribution < 1.29 is 22.7 Å². The molecule has 3 N–H and O–H groups in total. The summed E-state index contributed by atoms with van der Waals surface area (Å²) in [4.78, 5) is 16.3. The van der Waals surface area contributed by atoms with Gasteiger partial charge in [0.1, 0.15) is 17.3 Å². The fourth-order valence-corrected chi connectivity index (χ4v) is 4.32. The molecule has 1 fully saturated rings. The molecule has 1 amide bonds. The van der Waals surface area contributed by atoms with Crippen LogP contribution in [0.5, 0.6) is 5.75 Å². The van der Waals surface area contributed by atoms with Crippen molar-refractivity contribution >= 4 is 23.1 Å². The molecule has 0 saturated heterocycles. The number of carbonyl (C=O) groups excluding carboxylic acids is 1. The van der Waals surface area contributed by atoms with Gasteiger partial charge in [-0.15, -0.1) is 0 Å². The van der Waals surface area contributed by atoms with Gasteiger partial charge in [-0.25, -0.2) is 4.98 Å². The summed E-state index contributed by atoms with van der Waals surface area (Å²) in [6, 6.07) is 16.9. The van der Waals surface area contributed by atoms with Gasteiger partial charge in [0, 0.05) is 35.1 Å². The van der Waals surface area contributed by atoms with E-state index in [2.05, 4.69) is 20.9 Å². The maximum Gasteiger partial charge on any atom is 0.433 e. The molecule has 190 valence electrons. The minimum atomic E-state index is -4.57. The topological polar surface area (TPSA) is 75.3 Å². The summed E-state index contributed by atoms with van der Waals surface area (Å²) in [5.74, 6) is 0.656. The first-order valence-electron chi connectivity index (χ1n) is 11.8. The number of aryl methyl sites for hydroxylation is 1. The Morgan fingerprint density at radius 2 is 1.64 bits per heavy atom. The van der Waals surface area contributed by atoms with Crippen LogP contribution in [0.1, 0.15) is 47.3 Å². The first-order valence-corrected chi connectivity index (χ1v) is 11.8. The second-order valence-electron chi connectivity index (χ2n) is 9.01. The van der Waals surface area contributed by atoms with Crippen LogP contribution in [0.15, 0.2) is 60.7 Å². The number of nitrogens with one attached hydrogen (secondary N) is 3. The van der Waals surface area contributed by atoms with Crippen LogP contribution < -0.4 is 20.7 Å². The van der Waals surface area contributed by atoms with Gasteiger partial charge in [0.2, 0.25) is 0 Å². The lowest BCUT2D eigenvalue weighted by Crippen LogP contribution is -2.40. The lowest BCUT2D eigenvalue weighted by atomic mass is 9.90. The fourth-order valence-electron chi connectivity index (χ4n) is 4.32. The molecule has 4 rings (SSSR count).